The van der Waals surface area contributed by atoms with E-state index in [1.54, 1.807) is 36.7 Å². The number of rotatable bonds is 8. The molecule has 0 spiro atoms. The number of nitrogens with zero attached hydrogens (tertiary/aromatic N) is 2. The molecule has 0 saturated carbocycles. The molecule has 0 aliphatic carbocycles. The number of esters is 1. The van der Waals surface area contributed by atoms with Crippen LogP contribution in [0.25, 0.3) is 22.5 Å². The first kappa shape index (κ1) is 22.9. The minimum atomic E-state index is -0.663. The Morgan fingerprint density at radius 1 is 0.941 bits per heavy atom. The standard InChI is InChI=1S/C28H23FN2O3/c1-3-15-33-24-12-9-21(10-13-24)20-5-7-22(8-6-20)28(32)34-26-14-11-23(16-25(26)29)27-30-17-19(4-2)18-31-27/h3,5-14,16-18H,1,4,15H2,2H3. The van der Waals surface area contributed by atoms with Gasteiger partial charge >= 0.3 is 5.97 Å². The summed E-state index contributed by atoms with van der Waals surface area (Å²) in [6.45, 7) is 6.08. The van der Waals surface area contributed by atoms with Crippen LogP contribution >= 0.6 is 0 Å². The molecule has 5 nitrogen and oxygen atoms in total. The summed E-state index contributed by atoms with van der Waals surface area (Å²) in [6.07, 6.45) is 5.93. The molecule has 4 aromatic rings. The molecule has 0 atom stereocenters. The summed E-state index contributed by atoms with van der Waals surface area (Å²) in [5.74, 6) is -0.302. The Morgan fingerprint density at radius 2 is 1.56 bits per heavy atom. The minimum Gasteiger partial charge on any atom is -0.490 e. The molecule has 0 N–H and O–H groups in total. The van der Waals surface area contributed by atoms with Gasteiger partial charge in [-0.1, -0.05) is 43.8 Å². The maximum Gasteiger partial charge on any atom is 0.343 e. The van der Waals surface area contributed by atoms with Crippen LogP contribution in [0.1, 0.15) is 22.8 Å². The van der Waals surface area contributed by atoms with E-state index in [9.17, 15) is 9.18 Å². The maximum absolute atomic E-state index is 14.6. The SMILES string of the molecule is C=CCOc1ccc(-c2ccc(C(=O)Oc3ccc(-c4ncc(CC)cn4)cc3F)cc2)cc1. The second kappa shape index (κ2) is 10.5. The Balaban J connectivity index is 1.43. The molecule has 1 heterocycles. The summed E-state index contributed by atoms with van der Waals surface area (Å²) in [7, 11) is 0. The monoisotopic (exact) mass is 454 g/mol. The fourth-order valence-electron chi connectivity index (χ4n) is 3.27. The number of carbonyl (C=O) groups excluding carboxylic acids is 1. The first-order valence-corrected chi connectivity index (χ1v) is 10.8. The van der Waals surface area contributed by atoms with Crippen LogP contribution in [0.2, 0.25) is 0 Å². The summed E-state index contributed by atoms with van der Waals surface area (Å²) in [6, 6.07) is 18.8. The van der Waals surface area contributed by atoms with Crippen LogP contribution in [0.4, 0.5) is 4.39 Å². The lowest BCUT2D eigenvalue weighted by Crippen LogP contribution is -2.09. The first-order chi connectivity index (χ1) is 16.6. The zero-order chi connectivity index (χ0) is 23.9. The first-order valence-electron chi connectivity index (χ1n) is 10.8. The van der Waals surface area contributed by atoms with Gasteiger partial charge in [-0.05, 0) is 65.6 Å². The molecule has 0 aliphatic heterocycles. The number of ether oxygens (including phenoxy) is 2. The summed E-state index contributed by atoms with van der Waals surface area (Å²) >= 11 is 0. The van der Waals surface area contributed by atoms with Gasteiger partial charge in [0.2, 0.25) is 0 Å². The molecular formula is C28H23FN2O3. The smallest absolute Gasteiger partial charge is 0.343 e. The zero-order valence-corrected chi connectivity index (χ0v) is 18.7. The van der Waals surface area contributed by atoms with Gasteiger partial charge in [-0.25, -0.2) is 19.2 Å². The number of hydrogen-bond donors (Lipinski definition) is 0. The van der Waals surface area contributed by atoms with Crippen molar-refractivity contribution in [3.8, 4) is 34.0 Å². The molecule has 0 aliphatic rings. The molecule has 3 aromatic carbocycles. The van der Waals surface area contributed by atoms with E-state index in [4.69, 9.17) is 9.47 Å². The summed E-state index contributed by atoms with van der Waals surface area (Å²) in [5.41, 5.74) is 3.72. The predicted molar refractivity (Wildman–Crippen MR) is 129 cm³/mol. The molecule has 4 rings (SSSR count). The Hall–Kier alpha value is -4.32. The highest BCUT2D eigenvalue weighted by Crippen LogP contribution is 2.26. The number of halogens is 1. The van der Waals surface area contributed by atoms with Crippen molar-refractivity contribution in [2.45, 2.75) is 13.3 Å². The second-order valence-corrected chi connectivity index (χ2v) is 7.50. The van der Waals surface area contributed by atoms with Crippen LogP contribution in [-0.2, 0) is 6.42 Å². The van der Waals surface area contributed by atoms with Crippen LogP contribution in [-0.4, -0.2) is 22.5 Å². The van der Waals surface area contributed by atoms with E-state index in [1.165, 1.54) is 12.1 Å². The van der Waals surface area contributed by atoms with Crippen molar-refractivity contribution in [3.05, 3.63) is 109 Å². The van der Waals surface area contributed by atoms with Crippen LogP contribution < -0.4 is 9.47 Å². The average Bonchev–Trinajstić information content (AvgIpc) is 2.89. The van der Waals surface area contributed by atoms with E-state index in [1.807, 2.05) is 43.3 Å². The van der Waals surface area contributed by atoms with Crippen molar-refractivity contribution >= 4 is 5.97 Å². The van der Waals surface area contributed by atoms with Crippen molar-refractivity contribution in [2.24, 2.45) is 0 Å². The Morgan fingerprint density at radius 3 is 2.15 bits per heavy atom. The van der Waals surface area contributed by atoms with Crippen LogP contribution in [0.15, 0.2) is 91.8 Å². The Labute approximate surface area is 197 Å². The van der Waals surface area contributed by atoms with Crippen molar-refractivity contribution in [2.75, 3.05) is 6.61 Å². The highest BCUT2D eigenvalue weighted by Gasteiger charge is 2.14. The third kappa shape index (κ3) is 5.35. The lowest BCUT2D eigenvalue weighted by molar-refractivity contribution is 0.0728. The molecule has 1 aromatic heterocycles. The number of benzene rings is 3. The summed E-state index contributed by atoms with van der Waals surface area (Å²) in [5, 5.41) is 0. The van der Waals surface area contributed by atoms with E-state index in [2.05, 4.69) is 16.5 Å². The highest BCUT2D eigenvalue weighted by molar-refractivity contribution is 5.91. The average molecular weight is 455 g/mol. The molecule has 170 valence electrons. The van der Waals surface area contributed by atoms with Gasteiger partial charge in [0.05, 0.1) is 5.56 Å². The maximum atomic E-state index is 14.6. The normalized spacial score (nSPS) is 10.5. The van der Waals surface area contributed by atoms with Gasteiger partial charge in [0.25, 0.3) is 0 Å². The summed E-state index contributed by atoms with van der Waals surface area (Å²) < 4.78 is 25.4. The Kier molecular flexibility index (Phi) is 7.08. The number of aryl methyl sites for hydroxylation is 1. The molecular weight excluding hydrogens is 431 g/mol. The third-order valence-corrected chi connectivity index (χ3v) is 5.18. The van der Waals surface area contributed by atoms with Crippen molar-refractivity contribution < 1.29 is 18.7 Å². The fraction of sp³-hybridized carbons (Fsp3) is 0.107. The van der Waals surface area contributed by atoms with E-state index >= 15 is 0 Å². The molecule has 0 saturated heterocycles. The van der Waals surface area contributed by atoms with Crippen molar-refractivity contribution in [1.29, 1.82) is 0 Å². The van der Waals surface area contributed by atoms with E-state index in [0.717, 1.165) is 28.9 Å². The fourth-order valence-corrected chi connectivity index (χ4v) is 3.27. The van der Waals surface area contributed by atoms with Gasteiger partial charge in [0.1, 0.15) is 12.4 Å². The number of carbonyl (C=O) groups is 1. The topological polar surface area (TPSA) is 61.3 Å². The molecule has 0 unspecified atom stereocenters. The molecule has 0 bridgehead atoms. The molecule has 6 heteroatoms. The van der Waals surface area contributed by atoms with E-state index in [0.29, 0.717) is 23.6 Å². The highest BCUT2D eigenvalue weighted by atomic mass is 19.1. The van der Waals surface area contributed by atoms with Crippen molar-refractivity contribution in [3.63, 3.8) is 0 Å². The van der Waals surface area contributed by atoms with Gasteiger partial charge in [0.15, 0.2) is 17.4 Å². The predicted octanol–water partition coefficient (Wildman–Crippen LogP) is 6.30. The molecule has 0 fully saturated rings. The zero-order valence-electron chi connectivity index (χ0n) is 18.7. The molecule has 0 amide bonds. The van der Waals surface area contributed by atoms with Gasteiger partial charge in [0, 0.05) is 18.0 Å². The van der Waals surface area contributed by atoms with Gasteiger partial charge in [-0.3, -0.25) is 0 Å². The largest absolute Gasteiger partial charge is 0.490 e. The minimum absolute atomic E-state index is 0.155. The van der Waals surface area contributed by atoms with Crippen molar-refractivity contribution in [1.82, 2.24) is 9.97 Å². The molecule has 34 heavy (non-hydrogen) atoms. The van der Waals surface area contributed by atoms with Crippen LogP contribution in [0.5, 0.6) is 11.5 Å². The number of hydrogen-bond acceptors (Lipinski definition) is 5. The Bertz CT molecular complexity index is 1290. The van der Waals surface area contributed by atoms with Crippen LogP contribution in [0.3, 0.4) is 0 Å². The third-order valence-electron chi connectivity index (χ3n) is 5.18. The number of aromatic nitrogens is 2. The molecule has 0 radical (unpaired) electrons. The quantitative estimate of drug-likeness (QED) is 0.178. The van der Waals surface area contributed by atoms with E-state index < -0.39 is 11.8 Å². The summed E-state index contributed by atoms with van der Waals surface area (Å²) in [4.78, 5) is 21.1. The van der Waals surface area contributed by atoms with Gasteiger partial charge < -0.3 is 9.47 Å². The van der Waals surface area contributed by atoms with Crippen LogP contribution in [0, 0.1) is 5.82 Å². The lowest BCUT2D eigenvalue weighted by atomic mass is 10.0. The lowest BCUT2D eigenvalue weighted by Gasteiger charge is -2.09. The van der Waals surface area contributed by atoms with E-state index in [-0.39, 0.29) is 5.75 Å². The second-order valence-electron chi connectivity index (χ2n) is 7.50. The van der Waals surface area contributed by atoms with Gasteiger partial charge in [-0.2, -0.15) is 0 Å². The van der Waals surface area contributed by atoms with Gasteiger partial charge in [-0.15, -0.1) is 0 Å².